The first-order valence-corrected chi connectivity index (χ1v) is 20.2. The molecule has 0 aliphatic carbocycles. The van der Waals surface area contributed by atoms with Gasteiger partial charge in [-0.2, -0.15) is 0 Å². The maximum Gasteiger partial charge on any atom is 0.415 e. The second-order valence-electron chi connectivity index (χ2n) is 15.7. The van der Waals surface area contributed by atoms with Gasteiger partial charge in [0.2, 0.25) is 5.91 Å². The maximum absolute atomic E-state index is 15.4. The summed E-state index contributed by atoms with van der Waals surface area (Å²) in [5.41, 5.74) is 9.06. The Kier molecular flexibility index (Phi) is 11.4. The van der Waals surface area contributed by atoms with Crippen molar-refractivity contribution in [3.8, 4) is 17.0 Å². The lowest BCUT2D eigenvalue weighted by atomic mass is 9.89. The molecule has 1 N–H and O–H groups in total. The zero-order valence-corrected chi connectivity index (χ0v) is 34.1. The van der Waals surface area contributed by atoms with Crippen molar-refractivity contribution in [1.29, 1.82) is 0 Å². The fraction of sp³-hybridized carbons (Fsp3) is 0.319. The number of rotatable bonds is 8. The number of carbonyl (C=O) groups is 4. The number of nitrogens with one attached hydrogen (secondary N) is 1. The van der Waals surface area contributed by atoms with Gasteiger partial charge in [0.15, 0.2) is 0 Å². The molecule has 5 aromatic rings. The molecule has 59 heavy (non-hydrogen) atoms. The monoisotopic (exact) mass is 794 g/mol. The molecule has 4 heterocycles. The molecule has 1 aromatic heterocycles. The molecule has 1 fully saturated rings. The molecule has 0 radical (unpaired) electrons. The standard InChI is InChI=1S/C47H50N6O6/c1-31-41(45(55)50(4)38-12-6-5-7-13-38)27-44(49(31)3)42-25-34-18-19-52(47(57)59-40-16-14-37(15-17-40)48-32(2)54)28-36(34)26-43(42)46(56)53-29-35-11-9-8-10-33(35)24-39(53)30-51-20-22-58-23-21-51/h5-17,25-27,39H,18-24,28-30H2,1-4H3,(H,48,54)/t39-/m0/s1. The Morgan fingerprint density at radius 3 is 2.25 bits per heavy atom. The molecule has 3 aliphatic heterocycles. The van der Waals surface area contributed by atoms with Crippen LogP contribution >= 0.6 is 0 Å². The summed E-state index contributed by atoms with van der Waals surface area (Å²) >= 11 is 0. The number of hydrogen-bond acceptors (Lipinski definition) is 7. The number of para-hydroxylation sites is 1. The first-order chi connectivity index (χ1) is 28.5. The van der Waals surface area contributed by atoms with Crippen LogP contribution < -0.4 is 15.0 Å². The third-order valence-electron chi connectivity index (χ3n) is 11.9. The topological polar surface area (TPSA) is 117 Å². The van der Waals surface area contributed by atoms with E-state index in [1.54, 1.807) is 41.1 Å². The van der Waals surface area contributed by atoms with Crippen LogP contribution in [0.2, 0.25) is 0 Å². The van der Waals surface area contributed by atoms with Gasteiger partial charge >= 0.3 is 6.09 Å². The van der Waals surface area contributed by atoms with E-state index in [1.807, 2.05) is 72.0 Å². The predicted molar refractivity (Wildman–Crippen MR) is 227 cm³/mol. The lowest BCUT2D eigenvalue weighted by Crippen LogP contribution is -2.52. The van der Waals surface area contributed by atoms with E-state index < -0.39 is 6.09 Å². The Hall–Kier alpha value is -6.24. The number of nitrogens with zero attached hydrogens (tertiary/aromatic N) is 5. The Morgan fingerprint density at radius 1 is 0.814 bits per heavy atom. The van der Waals surface area contributed by atoms with Crippen molar-refractivity contribution in [3.05, 3.63) is 136 Å². The highest BCUT2D eigenvalue weighted by Gasteiger charge is 2.35. The molecule has 3 aliphatic rings. The number of amides is 4. The van der Waals surface area contributed by atoms with E-state index in [4.69, 9.17) is 9.47 Å². The number of ether oxygens (including phenoxy) is 2. The summed E-state index contributed by atoms with van der Waals surface area (Å²) < 4.78 is 13.4. The van der Waals surface area contributed by atoms with Gasteiger partial charge < -0.3 is 34.1 Å². The number of aromatic nitrogens is 1. The number of benzene rings is 4. The average molecular weight is 795 g/mol. The minimum absolute atomic E-state index is 0.0743. The van der Waals surface area contributed by atoms with Crippen molar-refractivity contribution >= 4 is 35.2 Å². The van der Waals surface area contributed by atoms with E-state index in [-0.39, 0.29) is 30.3 Å². The van der Waals surface area contributed by atoms with Crippen molar-refractivity contribution in [1.82, 2.24) is 19.3 Å². The Balaban J connectivity index is 1.16. The molecular formula is C47H50N6O6. The SMILES string of the molecule is CC(=O)Nc1ccc(OC(=O)N2CCc3cc(-c4cc(C(=O)N(C)c5ccccc5)c(C)n4C)c(C(=O)N4Cc5ccccc5C[C@H]4CN4CCOCC4)cc3C2)cc1. The lowest BCUT2D eigenvalue weighted by molar-refractivity contribution is -0.114. The molecule has 8 rings (SSSR count). The van der Waals surface area contributed by atoms with Gasteiger partial charge in [-0.3, -0.25) is 19.3 Å². The van der Waals surface area contributed by atoms with Crippen molar-refractivity contribution in [2.75, 3.05) is 56.7 Å². The average Bonchev–Trinajstić information content (AvgIpc) is 3.55. The Bertz CT molecular complexity index is 2390. The summed E-state index contributed by atoms with van der Waals surface area (Å²) in [5.74, 6) is -0.0615. The van der Waals surface area contributed by atoms with Crippen LogP contribution in [0.3, 0.4) is 0 Å². The van der Waals surface area contributed by atoms with E-state index in [0.29, 0.717) is 55.3 Å². The van der Waals surface area contributed by atoms with Crippen molar-refractivity contribution in [2.24, 2.45) is 7.05 Å². The summed E-state index contributed by atoms with van der Waals surface area (Å²) in [5, 5.41) is 2.72. The minimum Gasteiger partial charge on any atom is -0.410 e. The summed E-state index contributed by atoms with van der Waals surface area (Å²) in [6, 6.07) is 30.5. The van der Waals surface area contributed by atoms with Crippen molar-refractivity contribution in [3.63, 3.8) is 0 Å². The molecule has 304 valence electrons. The Labute approximate surface area is 344 Å². The summed E-state index contributed by atoms with van der Waals surface area (Å²) in [6.07, 6.45) is 0.788. The molecule has 4 aromatic carbocycles. The zero-order chi connectivity index (χ0) is 41.2. The molecule has 0 unspecified atom stereocenters. The number of anilines is 2. The summed E-state index contributed by atoms with van der Waals surface area (Å²) in [4.78, 5) is 62.2. The number of morpholine rings is 1. The van der Waals surface area contributed by atoms with Gasteiger partial charge in [-0.15, -0.1) is 0 Å². The van der Waals surface area contributed by atoms with E-state index in [0.717, 1.165) is 65.4 Å². The van der Waals surface area contributed by atoms with Gasteiger partial charge in [-0.1, -0.05) is 42.5 Å². The number of carbonyl (C=O) groups excluding carboxylic acids is 4. The molecule has 1 atom stereocenters. The van der Waals surface area contributed by atoms with Crippen LogP contribution in [-0.2, 0) is 42.5 Å². The van der Waals surface area contributed by atoms with Crippen LogP contribution in [-0.4, -0.2) is 95.6 Å². The van der Waals surface area contributed by atoms with Crippen LogP contribution in [0.15, 0.2) is 97.1 Å². The second-order valence-corrected chi connectivity index (χ2v) is 15.7. The summed E-state index contributed by atoms with van der Waals surface area (Å²) in [6.45, 7) is 8.21. The van der Waals surface area contributed by atoms with Gasteiger partial charge in [-0.05, 0) is 96.6 Å². The van der Waals surface area contributed by atoms with Gasteiger partial charge in [0.05, 0.1) is 18.8 Å². The second kappa shape index (κ2) is 16.9. The molecule has 0 bridgehead atoms. The third kappa shape index (κ3) is 8.37. The fourth-order valence-electron chi connectivity index (χ4n) is 8.48. The first kappa shape index (κ1) is 39.6. The molecule has 1 saturated heterocycles. The van der Waals surface area contributed by atoms with Crippen LogP contribution in [0.5, 0.6) is 5.75 Å². The molecule has 0 saturated carbocycles. The highest BCUT2D eigenvalue weighted by molar-refractivity contribution is 6.08. The van der Waals surface area contributed by atoms with Crippen LogP contribution in [0.25, 0.3) is 11.3 Å². The molecule has 12 nitrogen and oxygen atoms in total. The van der Waals surface area contributed by atoms with Crippen LogP contribution in [0.1, 0.15) is 55.6 Å². The highest BCUT2D eigenvalue weighted by atomic mass is 16.6. The normalized spacial score (nSPS) is 16.5. The first-order valence-electron chi connectivity index (χ1n) is 20.2. The van der Waals surface area contributed by atoms with E-state index in [9.17, 15) is 14.4 Å². The van der Waals surface area contributed by atoms with Gasteiger partial charge in [-0.25, -0.2) is 4.79 Å². The number of fused-ring (bicyclic) bond motifs is 2. The molecule has 0 spiro atoms. The van der Waals surface area contributed by atoms with E-state index >= 15 is 4.79 Å². The molecular weight excluding hydrogens is 745 g/mol. The third-order valence-corrected chi connectivity index (χ3v) is 11.9. The highest BCUT2D eigenvalue weighted by Crippen LogP contribution is 2.36. The zero-order valence-electron chi connectivity index (χ0n) is 34.1. The molecule has 4 amide bonds. The van der Waals surface area contributed by atoms with Gasteiger partial charge in [0.25, 0.3) is 11.8 Å². The van der Waals surface area contributed by atoms with Crippen LogP contribution in [0.4, 0.5) is 16.2 Å². The Morgan fingerprint density at radius 2 is 1.53 bits per heavy atom. The quantitative estimate of drug-likeness (QED) is 0.186. The maximum atomic E-state index is 15.4. The smallest absolute Gasteiger partial charge is 0.410 e. The lowest BCUT2D eigenvalue weighted by Gasteiger charge is -2.41. The van der Waals surface area contributed by atoms with E-state index in [1.165, 1.54) is 12.5 Å². The van der Waals surface area contributed by atoms with Crippen molar-refractivity contribution in [2.45, 2.75) is 45.8 Å². The van der Waals surface area contributed by atoms with Gasteiger partial charge in [0.1, 0.15) is 5.75 Å². The van der Waals surface area contributed by atoms with Crippen LogP contribution in [0, 0.1) is 6.92 Å². The molecule has 12 heteroatoms. The minimum atomic E-state index is -0.498. The fourth-order valence-corrected chi connectivity index (χ4v) is 8.48. The number of hydrogen-bond donors (Lipinski definition) is 1. The van der Waals surface area contributed by atoms with Gasteiger partial charge in [0, 0.05) is 100 Å². The van der Waals surface area contributed by atoms with E-state index in [2.05, 4.69) is 34.5 Å². The van der Waals surface area contributed by atoms with Crippen molar-refractivity contribution < 1.29 is 28.7 Å². The summed E-state index contributed by atoms with van der Waals surface area (Å²) in [7, 11) is 3.72. The predicted octanol–water partition coefficient (Wildman–Crippen LogP) is 6.69. The largest absolute Gasteiger partial charge is 0.415 e.